The van der Waals surface area contributed by atoms with Crippen LogP contribution in [0.1, 0.15) is 17.9 Å². The van der Waals surface area contributed by atoms with Crippen LogP contribution in [-0.2, 0) is 11.3 Å². The number of nitrogens with one attached hydrogen (secondary N) is 1. The van der Waals surface area contributed by atoms with Crippen molar-refractivity contribution in [3.8, 4) is 0 Å². The fraction of sp³-hybridized carbons (Fsp3) is 0.636. The third kappa shape index (κ3) is 3.44. The van der Waals surface area contributed by atoms with Crippen molar-refractivity contribution >= 4 is 18.3 Å². The number of rotatable bonds is 3. The molecule has 0 aliphatic carbocycles. The fourth-order valence-corrected chi connectivity index (χ4v) is 1.99. The van der Waals surface area contributed by atoms with E-state index < -0.39 is 0 Å². The Labute approximate surface area is 107 Å². The largest absolute Gasteiger partial charge is 0.361 e. The van der Waals surface area contributed by atoms with Gasteiger partial charge in [-0.15, -0.1) is 12.4 Å². The summed E-state index contributed by atoms with van der Waals surface area (Å²) in [7, 11) is 1.81. The lowest BCUT2D eigenvalue weighted by molar-refractivity contribution is -0.134. The van der Waals surface area contributed by atoms with Crippen molar-refractivity contribution in [2.75, 3.05) is 20.1 Å². The van der Waals surface area contributed by atoms with Crippen LogP contribution in [0.2, 0.25) is 0 Å². The molecule has 17 heavy (non-hydrogen) atoms. The number of nitrogens with zero attached hydrogens (tertiary/aromatic N) is 2. The van der Waals surface area contributed by atoms with Gasteiger partial charge < -0.3 is 14.7 Å². The third-order valence-electron chi connectivity index (χ3n) is 2.86. The van der Waals surface area contributed by atoms with Crippen LogP contribution in [-0.4, -0.2) is 36.1 Å². The van der Waals surface area contributed by atoms with E-state index in [1.54, 1.807) is 4.90 Å². The average Bonchev–Trinajstić information content (AvgIpc) is 2.88. The van der Waals surface area contributed by atoms with Crippen molar-refractivity contribution in [3.63, 3.8) is 0 Å². The number of carbonyl (C=O) groups excluding carboxylic acids is 1. The first kappa shape index (κ1) is 14.0. The number of carbonyl (C=O) groups is 1. The highest BCUT2D eigenvalue weighted by atomic mass is 35.5. The molecule has 0 aromatic carbocycles. The van der Waals surface area contributed by atoms with Gasteiger partial charge in [0.25, 0.3) is 0 Å². The highest BCUT2D eigenvalue weighted by molar-refractivity contribution is 5.85. The van der Waals surface area contributed by atoms with Crippen molar-refractivity contribution in [2.45, 2.75) is 19.9 Å². The molecular weight excluding hydrogens is 242 g/mol. The van der Waals surface area contributed by atoms with Gasteiger partial charge in [0.05, 0.1) is 12.5 Å². The van der Waals surface area contributed by atoms with Gasteiger partial charge in [0.1, 0.15) is 11.5 Å². The molecule has 6 heteroatoms. The third-order valence-corrected chi connectivity index (χ3v) is 2.86. The Morgan fingerprint density at radius 3 is 3.00 bits per heavy atom. The molecule has 1 N–H and O–H groups in total. The Bertz CT molecular complexity index is 375. The van der Waals surface area contributed by atoms with Gasteiger partial charge in [-0.25, -0.2) is 0 Å². The molecule has 1 saturated heterocycles. The van der Waals surface area contributed by atoms with Crippen LogP contribution in [0.25, 0.3) is 0 Å². The van der Waals surface area contributed by atoms with Crippen LogP contribution in [0.5, 0.6) is 0 Å². The lowest BCUT2D eigenvalue weighted by Crippen LogP contribution is -2.33. The molecule has 1 fully saturated rings. The normalized spacial score (nSPS) is 18.8. The maximum atomic E-state index is 12.0. The number of halogens is 1. The zero-order valence-electron chi connectivity index (χ0n) is 10.1. The van der Waals surface area contributed by atoms with Gasteiger partial charge in [0.15, 0.2) is 0 Å². The van der Waals surface area contributed by atoms with Crippen molar-refractivity contribution < 1.29 is 9.32 Å². The van der Waals surface area contributed by atoms with Gasteiger partial charge in [0, 0.05) is 19.7 Å². The molecule has 96 valence electrons. The van der Waals surface area contributed by atoms with Crippen molar-refractivity contribution in [1.82, 2.24) is 15.4 Å². The minimum atomic E-state index is 0. The molecule has 1 aliphatic heterocycles. The topological polar surface area (TPSA) is 58.4 Å². The number of aryl methyl sites for hydroxylation is 1. The average molecular weight is 260 g/mol. The first-order valence-electron chi connectivity index (χ1n) is 5.54. The van der Waals surface area contributed by atoms with E-state index in [1.807, 2.05) is 20.0 Å². The van der Waals surface area contributed by atoms with Gasteiger partial charge in [0.2, 0.25) is 5.91 Å². The van der Waals surface area contributed by atoms with E-state index in [2.05, 4.69) is 10.5 Å². The van der Waals surface area contributed by atoms with Crippen LogP contribution in [0.15, 0.2) is 10.6 Å². The van der Waals surface area contributed by atoms with E-state index in [4.69, 9.17) is 4.52 Å². The predicted octanol–water partition coefficient (Wildman–Crippen LogP) is 0.973. The lowest BCUT2D eigenvalue weighted by Gasteiger charge is -2.19. The first-order valence-corrected chi connectivity index (χ1v) is 5.54. The summed E-state index contributed by atoms with van der Waals surface area (Å²) >= 11 is 0. The summed E-state index contributed by atoms with van der Waals surface area (Å²) in [6.07, 6.45) is 0.932. The van der Waals surface area contributed by atoms with Crippen molar-refractivity contribution in [3.05, 3.63) is 17.5 Å². The van der Waals surface area contributed by atoms with E-state index in [1.165, 1.54) is 0 Å². The minimum Gasteiger partial charge on any atom is -0.361 e. The molecule has 1 unspecified atom stereocenters. The summed E-state index contributed by atoms with van der Waals surface area (Å²) in [5.74, 6) is 1.09. The molecule has 1 aromatic rings. The van der Waals surface area contributed by atoms with E-state index in [0.29, 0.717) is 6.54 Å². The number of amides is 1. The maximum absolute atomic E-state index is 12.0. The van der Waals surface area contributed by atoms with E-state index in [-0.39, 0.29) is 24.2 Å². The standard InChI is InChI=1S/C11H17N3O2.ClH/c1-8-5-10(13-16-8)7-14(2)11(15)9-3-4-12-6-9;/h5,9,12H,3-4,6-7H2,1-2H3;1H. The molecule has 5 nitrogen and oxygen atoms in total. The molecule has 2 heterocycles. The zero-order chi connectivity index (χ0) is 11.5. The minimum absolute atomic E-state index is 0. The molecular formula is C11H18ClN3O2. The fourth-order valence-electron chi connectivity index (χ4n) is 1.99. The van der Waals surface area contributed by atoms with Crippen LogP contribution in [0, 0.1) is 12.8 Å². The summed E-state index contributed by atoms with van der Waals surface area (Å²) in [6.45, 7) is 4.10. The van der Waals surface area contributed by atoms with Gasteiger partial charge in [-0.3, -0.25) is 4.79 Å². The van der Waals surface area contributed by atoms with E-state index >= 15 is 0 Å². The maximum Gasteiger partial charge on any atom is 0.227 e. The van der Waals surface area contributed by atoms with Crippen molar-refractivity contribution in [2.24, 2.45) is 5.92 Å². The molecule has 0 spiro atoms. The summed E-state index contributed by atoms with van der Waals surface area (Å²) in [4.78, 5) is 13.7. The number of hydrogen-bond donors (Lipinski definition) is 1. The summed E-state index contributed by atoms with van der Waals surface area (Å²) in [5.41, 5.74) is 0.805. The second-order valence-corrected chi connectivity index (χ2v) is 4.31. The van der Waals surface area contributed by atoms with E-state index in [9.17, 15) is 4.79 Å². The van der Waals surface area contributed by atoms with Gasteiger partial charge in [-0.2, -0.15) is 0 Å². The molecule has 2 rings (SSSR count). The summed E-state index contributed by atoms with van der Waals surface area (Å²) in [6, 6.07) is 1.86. The van der Waals surface area contributed by atoms with Gasteiger partial charge >= 0.3 is 0 Å². The summed E-state index contributed by atoms with van der Waals surface area (Å²) in [5, 5.41) is 7.07. The quantitative estimate of drug-likeness (QED) is 0.879. The van der Waals surface area contributed by atoms with Crippen molar-refractivity contribution in [1.29, 1.82) is 0 Å². The molecule has 0 saturated carbocycles. The van der Waals surface area contributed by atoms with Gasteiger partial charge in [-0.05, 0) is 19.9 Å². The Hall–Kier alpha value is -1.07. The monoisotopic (exact) mass is 259 g/mol. The molecule has 0 radical (unpaired) electrons. The number of aromatic nitrogens is 1. The smallest absolute Gasteiger partial charge is 0.227 e. The van der Waals surface area contributed by atoms with Crippen LogP contribution >= 0.6 is 12.4 Å². The molecule has 0 bridgehead atoms. The number of hydrogen-bond acceptors (Lipinski definition) is 4. The van der Waals surface area contributed by atoms with Crippen LogP contribution < -0.4 is 5.32 Å². The lowest BCUT2D eigenvalue weighted by atomic mass is 10.1. The first-order chi connectivity index (χ1) is 7.66. The van der Waals surface area contributed by atoms with Crippen LogP contribution in [0.3, 0.4) is 0 Å². The Morgan fingerprint density at radius 2 is 2.47 bits per heavy atom. The Kier molecular flexibility index (Phi) is 4.96. The highest BCUT2D eigenvalue weighted by Crippen LogP contribution is 2.13. The SMILES string of the molecule is Cc1cc(CN(C)C(=O)C2CCNC2)no1.Cl. The second kappa shape index (κ2) is 6.02. The van der Waals surface area contributed by atoms with Gasteiger partial charge in [-0.1, -0.05) is 5.16 Å². The zero-order valence-corrected chi connectivity index (χ0v) is 10.9. The molecule has 1 aromatic heterocycles. The van der Waals surface area contributed by atoms with E-state index in [0.717, 1.165) is 31.0 Å². The molecule has 1 amide bonds. The second-order valence-electron chi connectivity index (χ2n) is 4.31. The predicted molar refractivity (Wildman–Crippen MR) is 65.9 cm³/mol. The Morgan fingerprint density at radius 1 is 1.71 bits per heavy atom. The molecule has 1 aliphatic rings. The van der Waals surface area contributed by atoms with Crippen LogP contribution in [0.4, 0.5) is 0 Å². The molecule has 1 atom stereocenters. The summed E-state index contributed by atoms with van der Waals surface area (Å²) < 4.78 is 4.97. The highest BCUT2D eigenvalue weighted by Gasteiger charge is 2.25. The Balaban J connectivity index is 0.00000144.